The molecule has 0 bridgehead atoms. The van der Waals surface area contributed by atoms with Gasteiger partial charge in [-0.3, -0.25) is 0 Å². The van der Waals surface area contributed by atoms with E-state index in [1.807, 2.05) is 32.9 Å². The normalized spacial score (nSPS) is 23.8. The number of fused-ring (bicyclic) bond motifs is 1. The molecule has 2 rings (SSSR count). The maximum Gasteiger partial charge on any atom is 0.183 e. The Morgan fingerprint density at radius 1 is 1.15 bits per heavy atom. The minimum absolute atomic E-state index is 0.0477. The lowest BCUT2D eigenvalue weighted by atomic mass is 9.97. The largest absolute Gasteiger partial charge is 0.309 e. The predicted octanol–water partition coefficient (Wildman–Crippen LogP) is 3.30. The Kier molecular flexibility index (Phi) is 4.55. The second-order valence-electron chi connectivity index (χ2n) is 5.80. The molecule has 1 aliphatic rings. The van der Waals surface area contributed by atoms with Crippen LogP contribution in [0, 0.1) is 13.8 Å². The molecule has 0 amide bonds. The Bertz CT molecular complexity index is 593. The summed E-state index contributed by atoms with van der Waals surface area (Å²) in [6.45, 7) is 8.95. The van der Waals surface area contributed by atoms with Crippen molar-refractivity contribution in [2.45, 2.75) is 63.1 Å². The van der Waals surface area contributed by atoms with Gasteiger partial charge >= 0.3 is 0 Å². The van der Waals surface area contributed by atoms with Crippen molar-refractivity contribution in [1.82, 2.24) is 5.32 Å². The summed E-state index contributed by atoms with van der Waals surface area (Å²) in [6, 6.07) is 3.97. The number of aryl methyl sites for hydroxylation is 2. The molecule has 4 heteroatoms. The molecule has 20 heavy (non-hydrogen) atoms. The fourth-order valence-electron chi connectivity index (χ4n) is 3.29. The number of benzene rings is 1. The van der Waals surface area contributed by atoms with Crippen LogP contribution in [0.15, 0.2) is 17.0 Å². The first-order chi connectivity index (χ1) is 9.43. The molecule has 0 aromatic heterocycles. The quantitative estimate of drug-likeness (QED) is 0.906. The van der Waals surface area contributed by atoms with Crippen molar-refractivity contribution in [1.29, 1.82) is 0 Å². The highest BCUT2D eigenvalue weighted by Gasteiger charge is 2.44. The van der Waals surface area contributed by atoms with Gasteiger partial charge in [0.1, 0.15) is 0 Å². The molecule has 0 saturated carbocycles. The molecule has 1 aromatic rings. The lowest BCUT2D eigenvalue weighted by Gasteiger charge is -2.20. The molecule has 0 saturated heterocycles. The molecular weight excluding hydrogens is 270 g/mol. The summed E-state index contributed by atoms with van der Waals surface area (Å²) in [7, 11) is -3.20. The van der Waals surface area contributed by atoms with Crippen molar-refractivity contribution in [3.8, 4) is 0 Å². The first-order valence-corrected chi connectivity index (χ1v) is 9.06. The van der Waals surface area contributed by atoms with Gasteiger partial charge in [-0.2, -0.15) is 0 Å². The van der Waals surface area contributed by atoms with Crippen molar-refractivity contribution >= 4 is 9.84 Å². The highest BCUT2D eigenvalue weighted by molar-refractivity contribution is 7.92. The van der Waals surface area contributed by atoms with Gasteiger partial charge in [-0.05, 0) is 44.4 Å². The standard InChI is InChI=1S/C16H25NO2S/c1-5-7-14-15(17-8-6-2)13-10-11(3)9-12(4)16(13)20(14,18)19/h9-10,14-15,17H,5-8H2,1-4H3. The van der Waals surface area contributed by atoms with Gasteiger partial charge in [0.05, 0.1) is 16.2 Å². The lowest BCUT2D eigenvalue weighted by Crippen LogP contribution is -2.32. The van der Waals surface area contributed by atoms with Gasteiger partial charge < -0.3 is 5.32 Å². The number of hydrogen-bond acceptors (Lipinski definition) is 3. The summed E-state index contributed by atoms with van der Waals surface area (Å²) in [5.74, 6) is 0. The van der Waals surface area contributed by atoms with Gasteiger partial charge in [0.25, 0.3) is 0 Å². The molecule has 1 aromatic carbocycles. The average Bonchev–Trinajstić information content (AvgIpc) is 2.56. The molecule has 0 radical (unpaired) electrons. The van der Waals surface area contributed by atoms with Crippen LogP contribution in [-0.4, -0.2) is 20.2 Å². The summed E-state index contributed by atoms with van der Waals surface area (Å²) >= 11 is 0. The first-order valence-electron chi connectivity index (χ1n) is 7.51. The van der Waals surface area contributed by atoms with Crippen molar-refractivity contribution < 1.29 is 8.42 Å². The van der Waals surface area contributed by atoms with Gasteiger partial charge in [-0.15, -0.1) is 0 Å². The predicted molar refractivity (Wildman–Crippen MR) is 82.8 cm³/mol. The minimum Gasteiger partial charge on any atom is -0.309 e. The van der Waals surface area contributed by atoms with Crippen LogP contribution in [0.25, 0.3) is 0 Å². The van der Waals surface area contributed by atoms with Crippen LogP contribution in [-0.2, 0) is 9.84 Å². The van der Waals surface area contributed by atoms with E-state index in [9.17, 15) is 8.42 Å². The topological polar surface area (TPSA) is 46.2 Å². The third-order valence-electron chi connectivity index (χ3n) is 4.03. The zero-order chi connectivity index (χ0) is 14.9. The maximum absolute atomic E-state index is 12.8. The lowest BCUT2D eigenvalue weighted by molar-refractivity contribution is 0.481. The van der Waals surface area contributed by atoms with Crippen LogP contribution in [0.5, 0.6) is 0 Å². The van der Waals surface area contributed by atoms with E-state index in [0.29, 0.717) is 4.90 Å². The summed E-state index contributed by atoms with van der Waals surface area (Å²) in [5, 5.41) is 3.14. The van der Waals surface area contributed by atoms with Gasteiger partial charge in [0.15, 0.2) is 9.84 Å². The summed E-state index contributed by atoms with van der Waals surface area (Å²) in [5.41, 5.74) is 3.01. The number of sulfone groups is 1. The summed E-state index contributed by atoms with van der Waals surface area (Å²) in [6.07, 6.45) is 2.62. The van der Waals surface area contributed by atoms with Crippen LogP contribution in [0.1, 0.15) is 55.8 Å². The Balaban J connectivity index is 2.56. The van der Waals surface area contributed by atoms with E-state index in [1.54, 1.807) is 0 Å². The molecule has 112 valence electrons. The minimum atomic E-state index is -3.20. The SMILES string of the molecule is CCCNC1c2cc(C)cc(C)c2S(=O)(=O)C1CCC. The van der Waals surface area contributed by atoms with Crippen molar-refractivity contribution in [3.63, 3.8) is 0 Å². The molecular formula is C16H25NO2S. The molecule has 0 spiro atoms. The first kappa shape index (κ1) is 15.5. The smallest absolute Gasteiger partial charge is 0.183 e. The van der Waals surface area contributed by atoms with E-state index >= 15 is 0 Å². The monoisotopic (exact) mass is 295 g/mol. The molecule has 2 unspecified atom stereocenters. The molecule has 1 heterocycles. The number of hydrogen-bond donors (Lipinski definition) is 1. The van der Waals surface area contributed by atoms with Crippen molar-refractivity contribution in [2.75, 3.05) is 6.54 Å². The van der Waals surface area contributed by atoms with E-state index in [-0.39, 0.29) is 11.3 Å². The molecule has 0 aliphatic carbocycles. The van der Waals surface area contributed by atoms with E-state index in [1.165, 1.54) is 0 Å². The van der Waals surface area contributed by atoms with Crippen LogP contribution in [0.3, 0.4) is 0 Å². The van der Waals surface area contributed by atoms with Crippen LogP contribution < -0.4 is 5.32 Å². The van der Waals surface area contributed by atoms with E-state index in [4.69, 9.17) is 0 Å². The fraction of sp³-hybridized carbons (Fsp3) is 0.625. The number of nitrogens with one attached hydrogen (secondary N) is 1. The highest BCUT2D eigenvalue weighted by atomic mass is 32.2. The Labute approximate surface area is 122 Å². The fourth-order valence-corrected chi connectivity index (χ4v) is 5.76. The summed E-state index contributed by atoms with van der Waals surface area (Å²) in [4.78, 5) is 0.579. The third kappa shape index (κ3) is 2.51. The van der Waals surface area contributed by atoms with Crippen LogP contribution >= 0.6 is 0 Å². The zero-order valence-corrected chi connectivity index (χ0v) is 13.7. The van der Waals surface area contributed by atoms with Crippen LogP contribution in [0.2, 0.25) is 0 Å². The van der Waals surface area contributed by atoms with Gasteiger partial charge in [0.2, 0.25) is 0 Å². The Morgan fingerprint density at radius 3 is 2.45 bits per heavy atom. The molecule has 3 nitrogen and oxygen atoms in total. The summed E-state index contributed by atoms with van der Waals surface area (Å²) < 4.78 is 25.7. The average molecular weight is 295 g/mol. The third-order valence-corrected chi connectivity index (χ3v) is 6.46. The maximum atomic E-state index is 12.8. The van der Waals surface area contributed by atoms with Gasteiger partial charge in [-0.25, -0.2) is 8.42 Å². The molecule has 2 atom stereocenters. The zero-order valence-electron chi connectivity index (χ0n) is 12.9. The highest BCUT2D eigenvalue weighted by Crippen LogP contribution is 2.43. The second kappa shape index (κ2) is 5.86. The van der Waals surface area contributed by atoms with Gasteiger partial charge in [0, 0.05) is 0 Å². The van der Waals surface area contributed by atoms with Crippen LogP contribution in [0.4, 0.5) is 0 Å². The Morgan fingerprint density at radius 2 is 1.85 bits per heavy atom. The Hall–Kier alpha value is -0.870. The molecule has 0 fully saturated rings. The van der Waals surface area contributed by atoms with E-state index < -0.39 is 9.84 Å². The van der Waals surface area contributed by atoms with Crippen molar-refractivity contribution in [2.24, 2.45) is 0 Å². The van der Waals surface area contributed by atoms with Crippen molar-refractivity contribution in [3.05, 3.63) is 28.8 Å². The van der Waals surface area contributed by atoms with Gasteiger partial charge in [-0.1, -0.05) is 38.0 Å². The molecule has 1 aliphatic heterocycles. The molecule has 1 N–H and O–H groups in total. The second-order valence-corrected chi connectivity index (χ2v) is 7.91. The van der Waals surface area contributed by atoms with E-state index in [2.05, 4.69) is 12.2 Å². The van der Waals surface area contributed by atoms with E-state index in [0.717, 1.165) is 42.5 Å². The number of rotatable bonds is 5.